The van der Waals surface area contributed by atoms with Crippen LogP contribution < -0.4 is 4.74 Å². The van der Waals surface area contributed by atoms with Gasteiger partial charge in [-0.25, -0.2) is 0 Å². The van der Waals surface area contributed by atoms with E-state index in [4.69, 9.17) is 4.74 Å². The van der Waals surface area contributed by atoms with Crippen LogP contribution in [0.1, 0.15) is 112 Å². The highest BCUT2D eigenvalue weighted by Gasteiger charge is 2.42. The third-order valence-corrected chi connectivity index (χ3v) is 7.70. The van der Waals surface area contributed by atoms with Crippen molar-refractivity contribution in [2.24, 2.45) is 0 Å². The van der Waals surface area contributed by atoms with E-state index in [-0.39, 0.29) is 5.60 Å². The first-order valence-electron chi connectivity index (χ1n) is 11.3. The average molecular weight is 367 g/mol. The second-order valence-electron chi connectivity index (χ2n) is 10.00. The van der Waals surface area contributed by atoms with Crippen LogP contribution >= 0.6 is 0 Å². The third-order valence-electron chi connectivity index (χ3n) is 7.70. The van der Waals surface area contributed by atoms with E-state index in [1.165, 1.54) is 85.8 Å². The Balaban J connectivity index is 1.62. The van der Waals surface area contributed by atoms with E-state index in [9.17, 15) is 5.11 Å². The number of hydrogen-bond acceptors (Lipinski definition) is 2. The summed E-state index contributed by atoms with van der Waals surface area (Å²) in [5.74, 6) is 2.95. The second-order valence-corrected chi connectivity index (χ2v) is 10.00. The van der Waals surface area contributed by atoms with Crippen LogP contribution in [-0.4, -0.2) is 10.7 Å². The summed E-state index contributed by atoms with van der Waals surface area (Å²) in [4.78, 5) is 0. The number of benzene rings is 1. The summed E-state index contributed by atoms with van der Waals surface area (Å²) in [6.07, 6.45) is 17.0. The monoisotopic (exact) mass is 366 g/mol. The van der Waals surface area contributed by atoms with Gasteiger partial charge in [-0.1, -0.05) is 18.1 Å². The van der Waals surface area contributed by atoms with Crippen molar-refractivity contribution < 1.29 is 9.84 Å². The highest BCUT2D eigenvalue weighted by molar-refractivity contribution is 5.64. The Morgan fingerprint density at radius 2 is 1.63 bits per heavy atom. The zero-order valence-electron chi connectivity index (χ0n) is 17.1. The number of phenols is 1. The first-order valence-corrected chi connectivity index (χ1v) is 11.3. The number of aromatic hydroxyl groups is 1. The molecule has 1 N–H and O–H groups in total. The maximum Gasteiger partial charge on any atom is 0.127 e. The Hall–Kier alpha value is -1.44. The van der Waals surface area contributed by atoms with E-state index in [0.29, 0.717) is 17.6 Å². The molecule has 0 atom stereocenters. The fraction of sp³-hybridized carbons (Fsp3) is 0.680. The van der Waals surface area contributed by atoms with E-state index in [1.54, 1.807) is 5.57 Å². The second kappa shape index (κ2) is 6.57. The van der Waals surface area contributed by atoms with Gasteiger partial charge in [0.2, 0.25) is 0 Å². The van der Waals surface area contributed by atoms with Crippen LogP contribution in [0.3, 0.4) is 0 Å². The molecule has 1 aromatic rings. The van der Waals surface area contributed by atoms with Crippen molar-refractivity contribution in [2.45, 2.75) is 108 Å². The first-order chi connectivity index (χ1) is 13.0. The molecule has 2 heteroatoms. The molecule has 2 nitrogen and oxygen atoms in total. The predicted octanol–water partition coefficient (Wildman–Crippen LogP) is 6.68. The van der Waals surface area contributed by atoms with Crippen molar-refractivity contribution in [3.8, 4) is 11.5 Å². The van der Waals surface area contributed by atoms with E-state index < -0.39 is 0 Å². The minimum Gasteiger partial charge on any atom is -0.507 e. The molecule has 2 bridgehead atoms. The molecule has 1 aromatic carbocycles. The maximum absolute atomic E-state index is 11.4. The molecule has 4 aliphatic carbocycles. The lowest BCUT2D eigenvalue weighted by Crippen LogP contribution is -2.35. The van der Waals surface area contributed by atoms with Crippen LogP contribution in [0.15, 0.2) is 11.6 Å². The number of fused-ring (bicyclic) bond motifs is 3. The molecule has 5 aliphatic rings. The quantitative estimate of drug-likeness (QED) is 0.591. The van der Waals surface area contributed by atoms with Crippen molar-refractivity contribution in [2.75, 3.05) is 0 Å². The van der Waals surface area contributed by atoms with Crippen molar-refractivity contribution in [3.05, 3.63) is 33.9 Å². The van der Waals surface area contributed by atoms with Crippen LogP contribution in [0.25, 0.3) is 0 Å². The van der Waals surface area contributed by atoms with Gasteiger partial charge in [-0.05, 0) is 96.3 Å². The molecule has 1 heterocycles. The predicted molar refractivity (Wildman–Crippen MR) is 110 cm³/mol. The Morgan fingerprint density at radius 3 is 2.33 bits per heavy atom. The molecule has 0 amide bonds. The zero-order valence-corrected chi connectivity index (χ0v) is 17.1. The normalized spacial score (nSPS) is 28.3. The molecule has 6 rings (SSSR count). The van der Waals surface area contributed by atoms with Gasteiger partial charge in [0.25, 0.3) is 0 Å². The van der Waals surface area contributed by atoms with Crippen molar-refractivity contribution in [1.29, 1.82) is 0 Å². The lowest BCUT2D eigenvalue weighted by molar-refractivity contribution is 0.0805. The fourth-order valence-electron chi connectivity index (χ4n) is 6.15. The minimum absolute atomic E-state index is 0.0897. The summed E-state index contributed by atoms with van der Waals surface area (Å²) < 4.78 is 6.63. The van der Waals surface area contributed by atoms with Gasteiger partial charge < -0.3 is 9.84 Å². The minimum atomic E-state index is -0.0897. The van der Waals surface area contributed by atoms with Crippen molar-refractivity contribution in [1.82, 2.24) is 0 Å². The molecule has 2 saturated carbocycles. The molecule has 0 unspecified atom stereocenters. The van der Waals surface area contributed by atoms with Gasteiger partial charge in [0, 0.05) is 22.3 Å². The Kier molecular flexibility index (Phi) is 4.29. The average Bonchev–Trinajstić information content (AvgIpc) is 2.69. The SMILES string of the molecule is CC1(C)CCc2c(CC=C3CCCCC3)c(O)c3c(c2O1)C1CCC3CC1. The van der Waals surface area contributed by atoms with Crippen molar-refractivity contribution in [3.63, 3.8) is 0 Å². The first kappa shape index (κ1) is 17.6. The van der Waals surface area contributed by atoms with Crippen molar-refractivity contribution >= 4 is 0 Å². The van der Waals surface area contributed by atoms with Crippen LogP contribution in [0.2, 0.25) is 0 Å². The lowest BCUT2D eigenvalue weighted by atomic mass is 9.64. The Bertz CT molecular complexity index is 770. The van der Waals surface area contributed by atoms with E-state index >= 15 is 0 Å². The van der Waals surface area contributed by atoms with Crippen LogP contribution in [0, 0.1) is 0 Å². The zero-order chi connectivity index (χ0) is 18.6. The lowest BCUT2D eigenvalue weighted by Gasteiger charge is -2.44. The molecule has 0 saturated heterocycles. The number of ether oxygens (including phenoxy) is 1. The molecule has 27 heavy (non-hydrogen) atoms. The van der Waals surface area contributed by atoms with E-state index in [2.05, 4.69) is 19.9 Å². The van der Waals surface area contributed by atoms with Gasteiger partial charge in [0.15, 0.2) is 0 Å². The van der Waals surface area contributed by atoms with Gasteiger partial charge in [-0.15, -0.1) is 0 Å². The standard InChI is InChI=1S/C25H34O2/c1-25(2)15-14-20-19(13-8-16-6-4-3-5-7-16)23(26)21-17-9-11-18(12-10-17)22(21)24(20)27-25/h8,17-18,26H,3-7,9-15H2,1-2H3. The molecule has 2 fully saturated rings. The van der Waals surface area contributed by atoms with Gasteiger partial charge in [-0.3, -0.25) is 0 Å². The van der Waals surface area contributed by atoms with Crippen LogP contribution in [0.4, 0.5) is 0 Å². The summed E-state index contributed by atoms with van der Waals surface area (Å²) in [6.45, 7) is 4.44. The number of rotatable bonds is 2. The smallest absolute Gasteiger partial charge is 0.127 e. The molecule has 0 spiro atoms. The third kappa shape index (κ3) is 3.00. The molecular formula is C25H34O2. The van der Waals surface area contributed by atoms with Crippen LogP contribution in [0.5, 0.6) is 11.5 Å². The topological polar surface area (TPSA) is 29.5 Å². The molecule has 146 valence electrons. The summed E-state index contributed by atoms with van der Waals surface area (Å²) in [5, 5.41) is 11.4. The molecular weight excluding hydrogens is 332 g/mol. The number of hydrogen-bond donors (Lipinski definition) is 1. The largest absolute Gasteiger partial charge is 0.507 e. The summed E-state index contributed by atoms with van der Waals surface area (Å²) in [6, 6.07) is 0. The van der Waals surface area contributed by atoms with Crippen LogP contribution in [-0.2, 0) is 12.8 Å². The summed E-state index contributed by atoms with van der Waals surface area (Å²) in [7, 11) is 0. The molecule has 1 aliphatic heterocycles. The Morgan fingerprint density at radius 1 is 0.963 bits per heavy atom. The van der Waals surface area contributed by atoms with Gasteiger partial charge >= 0.3 is 0 Å². The fourth-order valence-corrected chi connectivity index (χ4v) is 6.15. The summed E-state index contributed by atoms with van der Waals surface area (Å²) in [5.41, 5.74) is 6.69. The molecule has 0 radical (unpaired) electrons. The van der Waals surface area contributed by atoms with Gasteiger partial charge in [0.1, 0.15) is 17.1 Å². The number of allylic oxidation sites excluding steroid dienone is 2. The van der Waals surface area contributed by atoms with E-state index in [1.807, 2.05) is 0 Å². The number of phenolic OH excluding ortho intramolecular Hbond substituents is 1. The summed E-state index contributed by atoms with van der Waals surface area (Å²) >= 11 is 0. The van der Waals surface area contributed by atoms with E-state index in [0.717, 1.165) is 19.3 Å². The molecule has 0 aromatic heterocycles. The Labute approximate surface area is 164 Å². The van der Waals surface area contributed by atoms with Gasteiger partial charge in [-0.2, -0.15) is 0 Å². The van der Waals surface area contributed by atoms with Gasteiger partial charge in [0.05, 0.1) is 0 Å². The highest BCUT2D eigenvalue weighted by Crippen LogP contribution is 2.58. The highest BCUT2D eigenvalue weighted by atomic mass is 16.5. The maximum atomic E-state index is 11.4.